The molecule has 5 atom stereocenters. The predicted molar refractivity (Wildman–Crippen MR) is 110 cm³/mol. The number of aromatic nitrogens is 1. The van der Waals surface area contributed by atoms with E-state index in [1.807, 2.05) is 24.3 Å². The Bertz CT molecular complexity index is 773. The third-order valence-electron chi connectivity index (χ3n) is 5.82. The number of rotatable bonds is 4. The minimum Gasteiger partial charge on any atom is -0.497 e. The summed E-state index contributed by atoms with van der Waals surface area (Å²) in [5, 5.41) is 12.1. The van der Waals surface area contributed by atoms with Gasteiger partial charge in [0.2, 0.25) is 0 Å². The zero-order chi connectivity index (χ0) is 16.7. The number of benzene rings is 1. The summed E-state index contributed by atoms with van der Waals surface area (Å²) >= 11 is 0. The standard InChI is InChI=1S/C20H24N2O2.ClH.2H2O/c1-3-13-12-22-9-7-14(13)10-19(22)20(23)16-6-8-21-18-5-4-15(24-2)11-17(16)18;;;/h3-6,8,11,13-14,19-20,23H,1,7,9-10,12H2,2H3;1H;2*1H2/t13-,14-,19-,20+;;;/m0.../s1. The highest BCUT2D eigenvalue weighted by atomic mass is 35.5. The van der Waals surface area contributed by atoms with E-state index in [9.17, 15) is 5.11 Å². The Morgan fingerprint density at radius 1 is 1.33 bits per heavy atom. The van der Waals surface area contributed by atoms with Crippen LogP contribution in [-0.2, 0) is 0 Å². The molecule has 1 unspecified atom stereocenters. The van der Waals surface area contributed by atoms with Crippen molar-refractivity contribution in [1.29, 1.82) is 0 Å². The predicted octanol–water partition coefficient (Wildman–Crippen LogP) is 1.95. The zero-order valence-electron chi connectivity index (χ0n) is 15.5. The van der Waals surface area contributed by atoms with Crippen LogP contribution in [0, 0.1) is 11.8 Å². The van der Waals surface area contributed by atoms with Crippen molar-refractivity contribution in [1.82, 2.24) is 9.88 Å². The van der Waals surface area contributed by atoms with Crippen molar-refractivity contribution in [3.05, 3.63) is 48.7 Å². The lowest BCUT2D eigenvalue weighted by Crippen LogP contribution is -2.54. The molecule has 3 fully saturated rings. The van der Waals surface area contributed by atoms with Gasteiger partial charge in [0.05, 0.1) is 18.7 Å². The average molecular weight is 397 g/mol. The number of aliphatic hydroxyl groups excluding tert-OH is 1. The second-order valence-corrected chi connectivity index (χ2v) is 6.97. The van der Waals surface area contributed by atoms with Crippen LogP contribution in [0.4, 0.5) is 0 Å². The first-order valence-electron chi connectivity index (χ1n) is 8.68. The highest BCUT2D eigenvalue weighted by Gasteiger charge is 2.42. The maximum Gasteiger partial charge on any atom is 0.119 e. The Balaban J connectivity index is 0.00000121. The molecule has 1 aromatic heterocycles. The van der Waals surface area contributed by atoms with E-state index >= 15 is 0 Å². The van der Waals surface area contributed by atoms with Crippen molar-refractivity contribution < 1.29 is 20.8 Å². The lowest BCUT2D eigenvalue weighted by Gasteiger charge is -2.50. The molecule has 5 N–H and O–H groups in total. The molecule has 4 heterocycles. The smallest absolute Gasteiger partial charge is 0.119 e. The third kappa shape index (κ3) is 4.10. The van der Waals surface area contributed by atoms with E-state index in [4.69, 9.17) is 4.74 Å². The van der Waals surface area contributed by atoms with E-state index in [1.165, 1.54) is 6.42 Å². The van der Waals surface area contributed by atoms with Gasteiger partial charge in [-0.1, -0.05) is 6.08 Å². The maximum absolute atomic E-state index is 11.2. The minimum atomic E-state index is -0.504. The molecular weight excluding hydrogens is 368 g/mol. The van der Waals surface area contributed by atoms with E-state index in [0.29, 0.717) is 11.8 Å². The van der Waals surface area contributed by atoms with Crippen LogP contribution in [0.25, 0.3) is 10.9 Å². The van der Waals surface area contributed by atoms with Gasteiger partial charge in [-0.3, -0.25) is 9.88 Å². The Morgan fingerprint density at radius 2 is 2.11 bits per heavy atom. The molecule has 2 aromatic rings. The van der Waals surface area contributed by atoms with Crippen LogP contribution in [0.3, 0.4) is 0 Å². The molecule has 3 aliphatic rings. The first kappa shape index (κ1) is 23.3. The molecule has 6 nitrogen and oxygen atoms in total. The van der Waals surface area contributed by atoms with Crippen LogP contribution in [-0.4, -0.2) is 52.2 Å². The van der Waals surface area contributed by atoms with Crippen LogP contribution in [0.15, 0.2) is 43.1 Å². The number of hydrogen-bond donors (Lipinski definition) is 1. The fourth-order valence-corrected chi connectivity index (χ4v) is 4.44. The molecule has 0 saturated carbocycles. The minimum absolute atomic E-state index is 0. The average Bonchev–Trinajstić information content (AvgIpc) is 2.66. The summed E-state index contributed by atoms with van der Waals surface area (Å²) in [6.07, 6.45) is 5.62. The van der Waals surface area contributed by atoms with Crippen molar-refractivity contribution in [2.75, 3.05) is 20.2 Å². The van der Waals surface area contributed by atoms with Crippen LogP contribution in [0.1, 0.15) is 24.5 Å². The Hall–Kier alpha value is -1.70. The molecule has 3 aliphatic heterocycles. The topological polar surface area (TPSA) is 109 Å². The first-order valence-corrected chi connectivity index (χ1v) is 8.68. The lowest BCUT2D eigenvalue weighted by atomic mass is 9.73. The van der Waals surface area contributed by atoms with Gasteiger partial charge in [-0.25, -0.2) is 0 Å². The Kier molecular flexibility index (Phi) is 8.20. The van der Waals surface area contributed by atoms with Gasteiger partial charge in [0.15, 0.2) is 0 Å². The highest BCUT2D eigenvalue weighted by Crippen LogP contribution is 2.42. The van der Waals surface area contributed by atoms with Crippen molar-refractivity contribution >= 4 is 23.3 Å². The maximum atomic E-state index is 11.2. The quantitative estimate of drug-likeness (QED) is 0.796. The van der Waals surface area contributed by atoms with Gasteiger partial charge in [-0.15, -0.1) is 19.0 Å². The second-order valence-electron chi connectivity index (χ2n) is 6.97. The van der Waals surface area contributed by atoms with Crippen molar-refractivity contribution in [3.63, 3.8) is 0 Å². The number of hydrogen-bond acceptors (Lipinski definition) is 4. The molecule has 27 heavy (non-hydrogen) atoms. The molecule has 1 aromatic carbocycles. The number of pyridine rings is 1. The second kappa shape index (κ2) is 9.48. The molecule has 7 heteroatoms. The SMILES string of the molecule is C=C[C@H]1CN2CC[C@H]1C[C@H]2[C@H](O)c1ccnc2ccc(OC)cc12.Cl.O.O. The molecule has 0 radical (unpaired) electrons. The molecule has 5 rings (SSSR count). The van der Waals surface area contributed by atoms with Gasteiger partial charge in [-0.05, 0) is 61.1 Å². The monoisotopic (exact) mass is 396 g/mol. The summed E-state index contributed by atoms with van der Waals surface area (Å²) in [5.74, 6) is 2.01. The summed E-state index contributed by atoms with van der Waals surface area (Å²) < 4.78 is 5.35. The molecule has 2 bridgehead atoms. The number of halogens is 1. The van der Waals surface area contributed by atoms with Gasteiger partial charge < -0.3 is 20.8 Å². The van der Waals surface area contributed by atoms with E-state index < -0.39 is 6.10 Å². The van der Waals surface area contributed by atoms with Crippen molar-refractivity contribution in [2.24, 2.45) is 11.8 Å². The lowest BCUT2D eigenvalue weighted by molar-refractivity contribution is -0.0444. The first-order chi connectivity index (χ1) is 11.7. The summed E-state index contributed by atoms with van der Waals surface area (Å²) in [5.41, 5.74) is 1.85. The molecule has 0 amide bonds. The number of fused-ring (bicyclic) bond motifs is 4. The van der Waals surface area contributed by atoms with Crippen LogP contribution >= 0.6 is 12.4 Å². The van der Waals surface area contributed by atoms with E-state index in [0.717, 1.165) is 41.7 Å². The van der Waals surface area contributed by atoms with Gasteiger partial charge in [-0.2, -0.15) is 0 Å². The number of piperidine rings is 3. The van der Waals surface area contributed by atoms with E-state index in [2.05, 4.69) is 22.5 Å². The zero-order valence-corrected chi connectivity index (χ0v) is 16.3. The van der Waals surface area contributed by atoms with Gasteiger partial charge >= 0.3 is 0 Å². The number of aliphatic hydroxyl groups is 1. The van der Waals surface area contributed by atoms with Crippen LogP contribution in [0.2, 0.25) is 0 Å². The molecule has 150 valence electrons. The van der Waals surface area contributed by atoms with E-state index in [1.54, 1.807) is 13.3 Å². The third-order valence-corrected chi connectivity index (χ3v) is 5.82. The van der Waals surface area contributed by atoms with Crippen molar-refractivity contribution in [3.8, 4) is 5.75 Å². The van der Waals surface area contributed by atoms with Crippen molar-refractivity contribution in [2.45, 2.75) is 25.0 Å². The molecular formula is C20H29ClN2O4. The van der Waals surface area contributed by atoms with Gasteiger partial charge in [0.25, 0.3) is 0 Å². The largest absolute Gasteiger partial charge is 0.497 e. The number of nitrogens with zero attached hydrogens (tertiary/aromatic N) is 2. The summed E-state index contributed by atoms with van der Waals surface area (Å²) in [6, 6.07) is 7.96. The Morgan fingerprint density at radius 3 is 2.74 bits per heavy atom. The van der Waals surface area contributed by atoms with Gasteiger partial charge in [0.1, 0.15) is 5.75 Å². The van der Waals surface area contributed by atoms with Crippen LogP contribution in [0.5, 0.6) is 5.75 Å². The summed E-state index contributed by atoms with van der Waals surface area (Å²) in [7, 11) is 1.66. The Labute approximate surface area is 165 Å². The molecule has 0 aliphatic carbocycles. The van der Waals surface area contributed by atoms with E-state index in [-0.39, 0.29) is 29.4 Å². The highest BCUT2D eigenvalue weighted by molar-refractivity contribution is 5.85. The summed E-state index contributed by atoms with van der Waals surface area (Å²) in [4.78, 5) is 6.86. The molecule has 3 saturated heterocycles. The number of methoxy groups -OCH3 is 1. The fourth-order valence-electron chi connectivity index (χ4n) is 4.44. The summed E-state index contributed by atoms with van der Waals surface area (Å²) in [6.45, 7) is 6.07. The van der Waals surface area contributed by atoms with Gasteiger partial charge in [0, 0.05) is 24.2 Å². The number of ether oxygens (including phenoxy) is 1. The fraction of sp³-hybridized carbons (Fsp3) is 0.450. The van der Waals surface area contributed by atoms with Crippen LogP contribution < -0.4 is 4.74 Å². The molecule has 0 spiro atoms. The normalized spacial score (nSPS) is 26.9.